The van der Waals surface area contributed by atoms with Crippen molar-refractivity contribution >= 4 is 11.6 Å². The van der Waals surface area contributed by atoms with E-state index < -0.39 is 0 Å². The van der Waals surface area contributed by atoms with Crippen LogP contribution in [0.4, 0.5) is 11.6 Å². The standard InChI is InChI=1S/C11H19N5O/c12-10-8-15-11(9-14-10)13-2-1-3-16-4-6-17-7-5-16/h8-9H,1-7H2,(H2,12,14)(H,13,15). The van der Waals surface area contributed by atoms with Gasteiger partial charge in [-0.05, 0) is 13.0 Å². The van der Waals surface area contributed by atoms with Crippen LogP contribution in [0.3, 0.4) is 0 Å². The van der Waals surface area contributed by atoms with Gasteiger partial charge in [0.1, 0.15) is 11.6 Å². The van der Waals surface area contributed by atoms with Crippen LogP contribution in [0.25, 0.3) is 0 Å². The van der Waals surface area contributed by atoms with Gasteiger partial charge in [-0.3, -0.25) is 4.90 Å². The molecule has 0 amide bonds. The summed E-state index contributed by atoms with van der Waals surface area (Å²) < 4.78 is 5.30. The minimum atomic E-state index is 0.448. The molecule has 0 aromatic carbocycles. The predicted molar refractivity (Wildman–Crippen MR) is 66.8 cm³/mol. The molecule has 0 bridgehead atoms. The normalized spacial score (nSPS) is 16.9. The first-order valence-corrected chi connectivity index (χ1v) is 5.96. The van der Waals surface area contributed by atoms with E-state index >= 15 is 0 Å². The molecule has 1 aliphatic rings. The zero-order chi connectivity index (χ0) is 11.9. The Bertz CT molecular complexity index is 323. The third-order valence-electron chi connectivity index (χ3n) is 2.73. The summed E-state index contributed by atoms with van der Waals surface area (Å²) in [7, 11) is 0. The number of nitrogens with two attached hydrogens (primary N) is 1. The molecule has 94 valence electrons. The van der Waals surface area contributed by atoms with Gasteiger partial charge in [0.05, 0.1) is 25.6 Å². The maximum Gasteiger partial charge on any atom is 0.144 e. The first-order chi connectivity index (χ1) is 8.34. The fourth-order valence-electron chi connectivity index (χ4n) is 1.77. The Balaban J connectivity index is 1.60. The van der Waals surface area contributed by atoms with Gasteiger partial charge in [-0.25, -0.2) is 9.97 Å². The minimum absolute atomic E-state index is 0.448. The topological polar surface area (TPSA) is 76.3 Å². The predicted octanol–water partition coefficient (Wildman–Crippen LogP) is 0.193. The molecular weight excluding hydrogens is 218 g/mol. The van der Waals surface area contributed by atoms with Crippen molar-refractivity contribution in [3.8, 4) is 0 Å². The summed E-state index contributed by atoms with van der Waals surface area (Å²) in [5.41, 5.74) is 5.46. The molecule has 0 atom stereocenters. The number of morpholine rings is 1. The van der Waals surface area contributed by atoms with E-state index in [4.69, 9.17) is 10.5 Å². The van der Waals surface area contributed by atoms with Crippen LogP contribution in [-0.2, 0) is 4.74 Å². The van der Waals surface area contributed by atoms with Gasteiger partial charge in [-0.15, -0.1) is 0 Å². The molecule has 6 nitrogen and oxygen atoms in total. The van der Waals surface area contributed by atoms with E-state index in [1.54, 1.807) is 12.4 Å². The number of hydrogen-bond acceptors (Lipinski definition) is 6. The molecule has 6 heteroatoms. The van der Waals surface area contributed by atoms with Gasteiger partial charge < -0.3 is 15.8 Å². The van der Waals surface area contributed by atoms with E-state index in [1.807, 2.05) is 0 Å². The lowest BCUT2D eigenvalue weighted by Crippen LogP contribution is -2.37. The zero-order valence-corrected chi connectivity index (χ0v) is 9.93. The van der Waals surface area contributed by atoms with E-state index in [0.717, 1.165) is 51.6 Å². The van der Waals surface area contributed by atoms with Crippen molar-refractivity contribution in [2.24, 2.45) is 0 Å². The molecule has 1 aliphatic heterocycles. The Morgan fingerprint density at radius 2 is 2.12 bits per heavy atom. The molecule has 3 N–H and O–H groups in total. The van der Waals surface area contributed by atoms with Crippen LogP contribution in [0.5, 0.6) is 0 Å². The van der Waals surface area contributed by atoms with Gasteiger partial charge in [0.2, 0.25) is 0 Å². The van der Waals surface area contributed by atoms with Gasteiger partial charge in [0, 0.05) is 19.6 Å². The highest BCUT2D eigenvalue weighted by Crippen LogP contribution is 2.02. The number of rotatable bonds is 5. The highest BCUT2D eigenvalue weighted by molar-refractivity contribution is 5.35. The maximum atomic E-state index is 5.46. The van der Waals surface area contributed by atoms with Gasteiger partial charge >= 0.3 is 0 Å². The van der Waals surface area contributed by atoms with Crippen molar-refractivity contribution in [3.05, 3.63) is 12.4 Å². The van der Waals surface area contributed by atoms with Crippen LogP contribution in [0.2, 0.25) is 0 Å². The smallest absolute Gasteiger partial charge is 0.144 e. The van der Waals surface area contributed by atoms with Crippen molar-refractivity contribution in [3.63, 3.8) is 0 Å². The van der Waals surface area contributed by atoms with E-state index in [-0.39, 0.29) is 0 Å². The number of nitrogens with zero attached hydrogens (tertiary/aromatic N) is 3. The number of hydrogen-bond donors (Lipinski definition) is 2. The number of nitrogen functional groups attached to an aromatic ring is 1. The molecule has 1 aromatic heterocycles. The lowest BCUT2D eigenvalue weighted by molar-refractivity contribution is 0.0378. The largest absolute Gasteiger partial charge is 0.382 e. The fourth-order valence-corrected chi connectivity index (χ4v) is 1.77. The van der Waals surface area contributed by atoms with Crippen molar-refractivity contribution in [2.45, 2.75) is 6.42 Å². The van der Waals surface area contributed by atoms with Crippen LogP contribution in [-0.4, -0.2) is 54.3 Å². The van der Waals surface area contributed by atoms with Crippen LogP contribution in [0.1, 0.15) is 6.42 Å². The van der Waals surface area contributed by atoms with E-state index in [2.05, 4.69) is 20.2 Å². The third kappa shape index (κ3) is 4.16. The van der Waals surface area contributed by atoms with Gasteiger partial charge in [0.15, 0.2) is 0 Å². The average Bonchev–Trinajstić information content (AvgIpc) is 2.38. The Hall–Kier alpha value is -1.40. The van der Waals surface area contributed by atoms with Crippen molar-refractivity contribution in [1.29, 1.82) is 0 Å². The highest BCUT2D eigenvalue weighted by Gasteiger charge is 2.08. The third-order valence-corrected chi connectivity index (χ3v) is 2.73. The van der Waals surface area contributed by atoms with Crippen molar-refractivity contribution in [2.75, 3.05) is 50.4 Å². The monoisotopic (exact) mass is 237 g/mol. The first kappa shape index (κ1) is 12.1. The number of nitrogens with one attached hydrogen (secondary N) is 1. The molecule has 1 saturated heterocycles. The Morgan fingerprint density at radius 3 is 2.82 bits per heavy atom. The number of anilines is 2. The van der Waals surface area contributed by atoms with Crippen molar-refractivity contribution in [1.82, 2.24) is 14.9 Å². The van der Waals surface area contributed by atoms with Crippen LogP contribution in [0, 0.1) is 0 Å². The SMILES string of the molecule is Nc1cnc(NCCCN2CCOCC2)cn1. The van der Waals surface area contributed by atoms with E-state index in [9.17, 15) is 0 Å². The second-order valence-corrected chi connectivity index (χ2v) is 4.06. The lowest BCUT2D eigenvalue weighted by atomic mass is 10.3. The average molecular weight is 237 g/mol. The summed E-state index contributed by atoms with van der Waals surface area (Å²) in [4.78, 5) is 10.5. The quantitative estimate of drug-likeness (QED) is 0.712. The maximum absolute atomic E-state index is 5.46. The molecule has 1 aromatic rings. The van der Waals surface area contributed by atoms with Crippen LogP contribution < -0.4 is 11.1 Å². The molecule has 0 saturated carbocycles. The van der Waals surface area contributed by atoms with Gasteiger partial charge in [0.25, 0.3) is 0 Å². The second kappa shape index (κ2) is 6.36. The summed E-state index contributed by atoms with van der Waals surface area (Å²) in [6, 6.07) is 0. The molecule has 17 heavy (non-hydrogen) atoms. The number of ether oxygens (including phenoxy) is 1. The molecule has 0 unspecified atom stereocenters. The zero-order valence-electron chi connectivity index (χ0n) is 9.93. The Labute approximate surface area is 101 Å². The Morgan fingerprint density at radius 1 is 1.29 bits per heavy atom. The molecule has 0 spiro atoms. The van der Waals surface area contributed by atoms with Gasteiger partial charge in [-0.2, -0.15) is 0 Å². The molecule has 1 fully saturated rings. The molecule has 0 radical (unpaired) electrons. The van der Waals surface area contributed by atoms with Crippen LogP contribution >= 0.6 is 0 Å². The van der Waals surface area contributed by atoms with E-state index in [0.29, 0.717) is 5.82 Å². The Kier molecular flexibility index (Phi) is 4.52. The number of aromatic nitrogens is 2. The van der Waals surface area contributed by atoms with E-state index in [1.165, 1.54) is 0 Å². The summed E-state index contributed by atoms with van der Waals surface area (Å²) in [6.07, 6.45) is 4.31. The highest BCUT2D eigenvalue weighted by atomic mass is 16.5. The summed E-state index contributed by atoms with van der Waals surface area (Å²) in [5, 5.41) is 3.22. The lowest BCUT2D eigenvalue weighted by Gasteiger charge is -2.26. The summed E-state index contributed by atoms with van der Waals surface area (Å²) >= 11 is 0. The molecular formula is C11H19N5O. The van der Waals surface area contributed by atoms with Crippen molar-refractivity contribution < 1.29 is 4.74 Å². The molecule has 2 heterocycles. The van der Waals surface area contributed by atoms with Crippen LogP contribution in [0.15, 0.2) is 12.4 Å². The first-order valence-electron chi connectivity index (χ1n) is 5.96. The van der Waals surface area contributed by atoms with Gasteiger partial charge in [-0.1, -0.05) is 0 Å². The fraction of sp³-hybridized carbons (Fsp3) is 0.636. The molecule has 0 aliphatic carbocycles. The summed E-state index contributed by atoms with van der Waals surface area (Å²) in [6.45, 7) is 5.80. The minimum Gasteiger partial charge on any atom is -0.382 e. The summed E-state index contributed by atoms with van der Waals surface area (Å²) in [5.74, 6) is 1.23. The second-order valence-electron chi connectivity index (χ2n) is 4.06. The molecule has 2 rings (SSSR count).